The van der Waals surface area contributed by atoms with E-state index in [1.54, 1.807) is 0 Å². The molecular formula is C8H14F3N3O. The third kappa shape index (κ3) is 3.67. The first kappa shape index (κ1) is 12.3. The summed E-state index contributed by atoms with van der Waals surface area (Å²) in [6.07, 6.45) is -2.83. The highest BCUT2D eigenvalue weighted by Crippen LogP contribution is 2.18. The zero-order valence-electron chi connectivity index (χ0n) is 8.10. The SMILES string of the molecule is NC(C(=O)NCC1CCCN1)C(F)(F)F. The molecule has 0 bridgehead atoms. The largest absolute Gasteiger partial charge is 0.412 e. The highest BCUT2D eigenvalue weighted by Gasteiger charge is 2.41. The Balaban J connectivity index is 2.29. The van der Waals surface area contributed by atoms with E-state index in [0.717, 1.165) is 19.4 Å². The molecule has 7 heteroatoms. The summed E-state index contributed by atoms with van der Waals surface area (Å²) in [5.74, 6) is -1.17. The van der Waals surface area contributed by atoms with Crippen LogP contribution < -0.4 is 16.4 Å². The quantitative estimate of drug-likeness (QED) is 0.620. The minimum atomic E-state index is -4.67. The molecule has 1 fully saturated rings. The maximum Gasteiger partial charge on any atom is 0.412 e. The number of alkyl halides is 3. The first-order valence-corrected chi connectivity index (χ1v) is 4.74. The van der Waals surface area contributed by atoms with E-state index in [9.17, 15) is 18.0 Å². The van der Waals surface area contributed by atoms with Crippen LogP contribution in [0.5, 0.6) is 0 Å². The van der Waals surface area contributed by atoms with Gasteiger partial charge in [0.25, 0.3) is 0 Å². The van der Waals surface area contributed by atoms with Gasteiger partial charge in [0.15, 0.2) is 6.04 Å². The molecule has 1 aliphatic heterocycles. The molecule has 2 atom stereocenters. The number of amides is 1. The highest BCUT2D eigenvalue weighted by molar-refractivity contribution is 5.82. The van der Waals surface area contributed by atoms with Crippen LogP contribution in [0.25, 0.3) is 0 Å². The van der Waals surface area contributed by atoms with Crippen molar-refractivity contribution in [2.45, 2.75) is 31.1 Å². The predicted octanol–water partition coefficient (Wildman–Crippen LogP) is -0.256. The Morgan fingerprint density at radius 1 is 1.60 bits per heavy atom. The molecule has 1 amide bonds. The fourth-order valence-corrected chi connectivity index (χ4v) is 1.41. The first-order valence-electron chi connectivity index (χ1n) is 4.74. The summed E-state index contributed by atoms with van der Waals surface area (Å²) in [7, 11) is 0. The highest BCUT2D eigenvalue weighted by atomic mass is 19.4. The van der Waals surface area contributed by atoms with E-state index < -0.39 is 18.1 Å². The molecule has 0 radical (unpaired) electrons. The molecule has 2 unspecified atom stereocenters. The molecule has 0 aliphatic carbocycles. The summed E-state index contributed by atoms with van der Waals surface area (Å²) in [5, 5.41) is 5.24. The van der Waals surface area contributed by atoms with Crippen LogP contribution in [0.2, 0.25) is 0 Å². The van der Waals surface area contributed by atoms with Gasteiger partial charge < -0.3 is 16.4 Å². The zero-order chi connectivity index (χ0) is 11.5. The van der Waals surface area contributed by atoms with Gasteiger partial charge in [0, 0.05) is 12.6 Å². The van der Waals surface area contributed by atoms with E-state index >= 15 is 0 Å². The minimum absolute atomic E-state index is 0.0642. The molecule has 1 aliphatic rings. The molecule has 0 saturated carbocycles. The van der Waals surface area contributed by atoms with Crippen molar-refractivity contribution in [3.05, 3.63) is 0 Å². The van der Waals surface area contributed by atoms with Gasteiger partial charge in [-0.15, -0.1) is 0 Å². The number of nitrogens with one attached hydrogen (secondary N) is 2. The average Bonchev–Trinajstić information content (AvgIpc) is 2.63. The Kier molecular flexibility index (Phi) is 3.92. The lowest BCUT2D eigenvalue weighted by Gasteiger charge is -2.17. The summed E-state index contributed by atoms with van der Waals surface area (Å²) >= 11 is 0. The lowest BCUT2D eigenvalue weighted by atomic mass is 10.2. The van der Waals surface area contributed by atoms with Gasteiger partial charge in [-0.3, -0.25) is 4.79 Å². The Morgan fingerprint density at radius 3 is 2.73 bits per heavy atom. The van der Waals surface area contributed by atoms with Gasteiger partial charge in [0.05, 0.1) is 0 Å². The number of halogens is 3. The van der Waals surface area contributed by atoms with Crippen molar-refractivity contribution in [2.75, 3.05) is 13.1 Å². The van der Waals surface area contributed by atoms with Gasteiger partial charge in [0.2, 0.25) is 5.91 Å². The van der Waals surface area contributed by atoms with Crippen LogP contribution in [0, 0.1) is 0 Å². The molecular weight excluding hydrogens is 211 g/mol. The molecule has 88 valence electrons. The lowest BCUT2D eigenvalue weighted by Crippen LogP contribution is -2.52. The Bertz CT molecular complexity index is 226. The van der Waals surface area contributed by atoms with E-state index in [2.05, 4.69) is 10.6 Å². The maximum absolute atomic E-state index is 12.0. The van der Waals surface area contributed by atoms with Crippen LogP contribution in [0.3, 0.4) is 0 Å². The van der Waals surface area contributed by atoms with E-state index in [1.165, 1.54) is 0 Å². The third-order valence-electron chi connectivity index (χ3n) is 2.32. The van der Waals surface area contributed by atoms with Gasteiger partial charge in [-0.1, -0.05) is 0 Å². The molecule has 0 aromatic carbocycles. The average molecular weight is 225 g/mol. The van der Waals surface area contributed by atoms with Crippen LogP contribution in [0.15, 0.2) is 0 Å². The standard InChI is InChI=1S/C8H14F3N3O/c9-8(10,11)6(12)7(15)14-4-5-2-1-3-13-5/h5-6,13H,1-4,12H2,(H,14,15). The van der Waals surface area contributed by atoms with Crippen LogP contribution in [-0.2, 0) is 4.79 Å². The van der Waals surface area contributed by atoms with E-state index in [0.29, 0.717) is 0 Å². The van der Waals surface area contributed by atoms with Gasteiger partial charge in [-0.05, 0) is 19.4 Å². The van der Waals surface area contributed by atoms with Gasteiger partial charge in [0.1, 0.15) is 0 Å². The second-order valence-electron chi connectivity index (χ2n) is 3.56. The summed E-state index contributed by atoms with van der Waals surface area (Å²) in [6.45, 7) is 1.04. The minimum Gasteiger partial charge on any atom is -0.353 e. The van der Waals surface area contributed by atoms with Crippen LogP contribution in [-0.4, -0.2) is 37.3 Å². The normalized spacial score (nSPS) is 23.9. The van der Waals surface area contributed by atoms with E-state index in [-0.39, 0.29) is 12.6 Å². The van der Waals surface area contributed by atoms with E-state index in [4.69, 9.17) is 5.73 Å². The number of carbonyl (C=O) groups excluding carboxylic acids is 1. The number of rotatable bonds is 3. The molecule has 0 spiro atoms. The monoisotopic (exact) mass is 225 g/mol. The molecule has 1 saturated heterocycles. The summed E-state index contributed by atoms with van der Waals surface area (Å²) in [5.41, 5.74) is 4.72. The number of nitrogens with two attached hydrogens (primary N) is 1. The Hall–Kier alpha value is -0.820. The van der Waals surface area contributed by atoms with Crippen molar-refractivity contribution < 1.29 is 18.0 Å². The lowest BCUT2D eigenvalue weighted by molar-refractivity contribution is -0.162. The molecule has 0 aromatic heterocycles. The second-order valence-corrected chi connectivity index (χ2v) is 3.56. The van der Waals surface area contributed by atoms with Crippen molar-refractivity contribution in [1.82, 2.24) is 10.6 Å². The molecule has 15 heavy (non-hydrogen) atoms. The summed E-state index contributed by atoms with van der Waals surface area (Å²) in [6, 6.07) is -2.37. The van der Waals surface area contributed by atoms with Crippen molar-refractivity contribution in [3.63, 3.8) is 0 Å². The molecule has 1 heterocycles. The van der Waals surface area contributed by atoms with E-state index in [1.807, 2.05) is 0 Å². The number of carbonyl (C=O) groups is 1. The molecule has 0 aromatic rings. The zero-order valence-corrected chi connectivity index (χ0v) is 8.10. The number of hydrogen-bond donors (Lipinski definition) is 3. The molecule has 4 N–H and O–H groups in total. The Labute approximate surface area is 85.4 Å². The predicted molar refractivity (Wildman–Crippen MR) is 48.1 cm³/mol. The van der Waals surface area contributed by atoms with Crippen LogP contribution in [0.4, 0.5) is 13.2 Å². The van der Waals surface area contributed by atoms with Gasteiger partial charge >= 0.3 is 6.18 Å². The second kappa shape index (κ2) is 4.80. The third-order valence-corrected chi connectivity index (χ3v) is 2.32. The molecule has 4 nitrogen and oxygen atoms in total. The van der Waals surface area contributed by atoms with Crippen molar-refractivity contribution >= 4 is 5.91 Å². The fourth-order valence-electron chi connectivity index (χ4n) is 1.41. The summed E-state index contributed by atoms with van der Waals surface area (Å²) < 4.78 is 36.0. The summed E-state index contributed by atoms with van der Waals surface area (Å²) in [4.78, 5) is 11.0. The van der Waals surface area contributed by atoms with Crippen molar-refractivity contribution in [1.29, 1.82) is 0 Å². The van der Waals surface area contributed by atoms with Crippen molar-refractivity contribution in [2.24, 2.45) is 5.73 Å². The maximum atomic E-state index is 12.0. The topological polar surface area (TPSA) is 67.2 Å². The van der Waals surface area contributed by atoms with Crippen LogP contribution >= 0.6 is 0 Å². The number of hydrogen-bond acceptors (Lipinski definition) is 3. The fraction of sp³-hybridized carbons (Fsp3) is 0.875. The molecule has 1 rings (SSSR count). The Morgan fingerprint density at radius 2 is 2.27 bits per heavy atom. The smallest absolute Gasteiger partial charge is 0.353 e. The first-order chi connectivity index (χ1) is 6.91. The van der Waals surface area contributed by atoms with Gasteiger partial charge in [-0.25, -0.2) is 0 Å². The van der Waals surface area contributed by atoms with Crippen molar-refractivity contribution in [3.8, 4) is 0 Å². The van der Waals surface area contributed by atoms with Crippen LogP contribution in [0.1, 0.15) is 12.8 Å². The van der Waals surface area contributed by atoms with Gasteiger partial charge in [-0.2, -0.15) is 13.2 Å².